The highest BCUT2D eigenvalue weighted by molar-refractivity contribution is 7.07. The first kappa shape index (κ1) is 18.1. The van der Waals surface area contributed by atoms with Gasteiger partial charge in [0.1, 0.15) is 0 Å². The second-order valence-electron chi connectivity index (χ2n) is 5.97. The molecule has 0 aliphatic heterocycles. The molecular formula is C19H27NO2S. The Bertz CT molecular complexity index is 530. The van der Waals surface area contributed by atoms with Gasteiger partial charge in [0.05, 0.1) is 19.3 Å². The molecule has 0 saturated carbocycles. The molecule has 23 heavy (non-hydrogen) atoms. The number of hydrogen-bond acceptors (Lipinski definition) is 4. The average Bonchev–Trinajstić information content (AvgIpc) is 3.07. The largest absolute Gasteiger partial charge is 0.389 e. The zero-order valence-corrected chi connectivity index (χ0v) is 14.8. The van der Waals surface area contributed by atoms with Gasteiger partial charge in [-0.05, 0) is 41.3 Å². The van der Waals surface area contributed by atoms with Crippen molar-refractivity contribution in [2.75, 3.05) is 13.2 Å². The zero-order chi connectivity index (χ0) is 16.5. The normalized spacial score (nSPS) is 14.1. The first-order chi connectivity index (χ1) is 11.2. The summed E-state index contributed by atoms with van der Waals surface area (Å²) in [6, 6.07) is 12.7. The molecule has 1 aromatic carbocycles. The predicted octanol–water partition coefficient (Wildman–Crippen LogP) is 3.93. The van der Waals surface area contributed by atoms with Gasteiger partial charge in [0, 0.05) is 19.1 Å². The lowest BCUT2D eigenvalue weighted by Crippen LogP contribution is -2.39. The fourth-order valence-corrected chi connectivity index (χ4v) is 3.15. The van der Waals surface area contributed by atoms with Gasteiger partial charge in [0.15, 0.2) is 0 Å². The van der Waals surface area contributed by atoms with Gasteiger partial charge in [-0.1, -0.05) is 37.3 Å². The van der Waals surface area contributed by atoms with Gasteiger partial charge in [0.2, 0.25) is 0 Å². The number of thiophene rings is 1. The van der Waals surface area contributed by atoms with E-state index >= 15 is 0 Å². The number of aliphatic hydroxyl groups is 1. The Morgan fingerprint density at radius 3 is 2.61 bits per heavy atom. The Morgan fingerprint density at radius 2 is 1.96 bits per heavy atom. The summed E-state index contributed by atoms with van der Waals surface area (Å²) in [6.45, 7) is 6.83. The number of benzene rings is 1. The molecule has 0 fully saturated rings. The predicted molar refractivity (Wildman–Crippen MR) is 96.6 cm³/mol. The minimum Gasteiger partial charge on any atom is -0.389 e. The summed E-state index contributed by atoms with van der Waals surface area (Å²) in [6.07, 6.45) is 0.605. The Morgan fingerprint density at radius 1 is 1.17 bits per heavy atom. The monoisotopic (exact) mass is 333 g/mol. The number of rotatable bonds is 10. The third-order valence-corrected chi connectivity index (χ3v) is 4.78. The highest BCUT2D eigenvalue weighted by Crippen LogP contribution is 2.14. The van der Waals surface area contributed by atoms with Crippen LogP contribution in [0.1, 0.15) is 31.4 Å². The van der Waals surface area contributed by atoms with Crippen molar-refractivity contribution in [2.45, 2.75) is 45.6 Å². The van der Waals surface area contributed by atoms with Crippen molar-refractivity contribution in [1.29, 1.82) is 0 Å². The fourth-order valence-electron chi connectivity index (χ4n) is 2.49. The Labute approximate surface area is 143 Å². The number of nitrogens with zero attached hydrogens (tertiary/aromatic N) is 1. The lowest BCUT2D eigenvalue weighted by atomic mass is 10.1. The van der Waals surface area contributed by atoms with E-state index in [2.05, 4.69) is 35.6 Å². The van der Waals surface area contributed by atoms with Crippen LogP contribution in [0, 0.1) is 0 Å². The van der Waals surface area contributed by atoms with Gasteiger partial charge in [-0.3, -0.25) is 4.90 Å². The number of hydrogen-bond donors (Lipinski definition) is 1. The Kier molecular flexibility index (Phi) is 7.76. The van der Waals surface area contributed by atoms with Gasteiger partial charge in [-0.15, -0.1) is 0 Å². The maximum atomic E-state index is 10.3. The van der Waals surface area contributed by atoms with E-state index in [9.17, 15) is 5.11 Å². The van der Waals surface area contributed by atoms with E-state index < -0.39 is 6.10 Å². The van der Waals surface area contributed by atoms with Gasteiger partial charge in [-0.25, -0.2) is 0 Å². The Hall–Kier alpha value is -1.20. The summed E-state index contributed by atoms with van der Waals surface area (Å²) < 4.78 is 5.66. The van der Waals surface area contributed by atoms with Gasteiger partial charge >= 0.3 is 0 Å². The van der Waals surface area contributed by atoms with Crippen molar-refractivity contribution in [2.24, 2.45) is 0 Å². The first-order valence-electron chi connectivity index (χ1n) is 8.24. The van der Waals surface area contributed by atoms with E-state index in [4.69, 9.17) is 4.74 Å². The van der Waals surface area contributed by atoms with Crippen LogP contribution >= 0.6 is 11.3 Å². The van der Waals surface area contributed by atoms with E-state index in [-0.39, 0.29) is 0 Å². The van der Waals surface area contributed by atoms with Crippen molar-refractivity contribution in [3.05, 3.63) is 58.3 Å². The summed E-state index contributed by atoms with van der Waals surface area (Å²) in [5, 5.41) is 14.6. The number of aliphatic hydroxyl groups excluding tert-OH is 1. The van der Waals surface area contributed by atoms with E-state index in [1.165, 1.54) is 5.56 Å². The van der Waals surface area contributed by atoms with E-state index in [1.807, 2.05) is 30.3 Å². The lowest BCUT2D eigenvalue weighted by molar-refractivity contribution is 0.00147. The smallest absolute Gasteiger partial charge is 0.0900 e. The molecule has 1 N–H and O–H groups in total. The van der Waals surface area contributed by atoms with Crippen LogP contribution in [-0.2, 0) is 17.9 Å². The molecule has 1 aromatic heterocycles. The topological polar surface area (TPSA) is 32.7 Å². The van der Waals surface area contributed by atoms with Crippen LogP contribution in [0.2, 0.25) is 0 Å². The molecule has 0 bridgehead atoms. The minimum absolute atomic E-state index is 0.367. The van der Waals surface area contributed by atoms with Crippen molar-refractivity contribution in [3.63, 3.8) is 0 Å². The van der Waals surface area contributed by atoms with E-state index in [1.54, 1.807) is 11.3 Å². The van der Waals surface area contributed by atoms with Crippen LogP contribution in [0.3, 0.4) is 0 Å². The quantitative estimate of drug-likeness (QED) is 0.715. The molecule has 126 valence electrons. The van der Waals surface area contributed by atoms with Crippen molar-refractivity contribution >= 4 is 11.3 Å². The molecule has 2 atom stereocenters. The van der Waals surface area contributed by atoms with Crippen LogP contribution in [0.15, 0.2) is 47.2 Å². The molecule has 2 rings (SSSR count). The first-order valence-corrected chi connectivity index (χ1v) is 9.18. The standard InChI is InChI=1S/C19H27NO2S/c1-3-16(2)20(11-18-9-10-23-15-18)12-19(21)14-22-13-17-7-5-4-6-8-17/h4-10,15-16,19,21H,3,11-14H2,1-2H3/t16-,19+/m1/s1. The maximum absolute atomic E-state index is 10.3. The SMILES string of the molecule is CC[C@@H](C)N(Cc1ccsc1)C[C@H](O)COCc1ccccc1. The molecular weight excluding hydrogens is 306 g/mol. The van der Waals surface area contributed by atoms with Crippen molar-refractivity contribution < 1.29 is 9.84 Å². The Balaban J connectivity index is 1.78. The molecule has 0 aliphatic rings. The van der Waals surface area contributed by atoms with Crippen LogP contribution in [-0.4, -0.2) is 35.3 Å². The molecule has 0 spiro atoms. The molecule has 4 heteroatoms. The average molecular weight is 333 g/mol. The van der Waals surface area contributed by atoms with Crippen molar-refractivity contribution in [3.8, 4) is 0 Å². The second kappa shape index (κ2) is 9.83. The summed E-state index contributed by atoms with van der Waals surface area (Å²) >= 11 is 1.72. The van der Waals surface area contributed by atoms with Crippen LogP contribution in [0.4, 0.5) is 0 Å². The van der Waals surface area contributed by atoms with Gasteiger partial charge in [-0.2, -0.15) is 11.3 Å². The van der Waals surface area contributed by atoms with Crippen LogP contribution in [0.25, 0.3) is 0 Å². The molecule has 0 amide bonds. The van der Waals surface area contributed by atoms with Crippen molar-refractivity contribution in [1.82, 2.24) is 4.90 Å². The highest BCUT2D eigenvalue weighted by atomic mass is 32.1. The van der Waals surface area contributed by atoms with Crippen LogP contribution in [0.5, 0.6) is 0 Å². The maximum Gasteiger partial charge on any atom is 0.0900 e. The summed E-state index contributed by atoms with van der Waals surface area (Å²) in [5.74, 6) is 0. The van der Waals surface area contributed by atoms with Gasteiger partial charge < -0.3 is 9.84 Å². The third kappa shape index (κ3) is 6.43. The van der Waals surface area contributed by atoms with Crippen LogP contribution < -0.4 is 0 Å². The molecule has 2 aromatic rings. The minimum atomic E-state index is -0.466. The molecule has 0 radical (unpaired) electrons. The number of ether oxygens (including phenoxy) is 1. The van der Waals surface area contributed by atoms with E-state index in [0.717, 1.165) is 18.5 Å². The molecule has 3 nitrogen and oxygen atoms in total. The fraction of sp³-hybridized carbons (Fsp3) is 0.474. The molecule has 0 unspecified atom stereocenters. The van der Waals surface area contributed by atoms with Gasteiger partial charge in [0.25, 0.3) is 0 Å². The zero-order valence-electron chi connectivity index (χ0n) is 14.0. The molecule has 0 aliphatic carbocycles. The second-order valence-corrected chi connectivity index (χ2v) is 6.75. The summed E-state index contributed by atoms with van der Waals surface area (Å²) in [4.78, 5) is 2.33. The summed E-state index contributed by atoms with van der Waals surface area (Å²) in [5.41, 5.74) is 2.45. The highest BCUT2D eigenvalue weighted by Gasteiger charge is 2.17. The third-order valence-electron chi connectivity index (χ3n) is 4.05. The molecule has 0 saturated heterocycles. The lowest BCUT2D eigenvalue weighted by Gasteiger charge is -2.30. The molecule has 1 heterocycles. The van der Waals surface area contributed by atoms with E-state index in [0.29, 0.717) is 25.8 Å². The summed E-state index contributed by atoms with van der Waals surface area (Å²) in [7, 11) is 0.